The zero-order valence-corrected chi connectivity index (χ0v) is 17.0. The highest BCUT2D eigenvalue weighted by Gasteiger charge is 2.32. The number of nitrogens with one attached hydrogen (secondary N) is 1. The van der Waals surface area contributed by atoms with Crippen LogP contribution in [-0.2, 0) is 6.18 Å². The molecule has 4 rings (SSSR count). The molecule has 0 radical (unpaired) electrons. The Morgan fingerprint density at radius 2 is 2.03 bits per heavy atom. The van der Waals surface area contributed by atoms with E-state index in [0.717, 1.165) is 29.0 Å². The van der Waals surface area contributed by atoms with Crippen molar-refractivity contribution >= 4 is 11.3 Å². The summed E-state index contributed by atoms with van der Waals surface area (Å²) in [6.07, 6.45) is -5.14. The predicted molar refractivity (Wildman–Crippen MR) is 107 cm³/mol. The second-order valence-corrected chi connectivity index (χ2v) is 8.16. The van der Waals surface area contributed by atoms with Crippen molar-refractivity contribution in [3.63, 3.8) is 0 Å². The van der Waals surface area contributed by atoms with Crippen molar-refractivity contribution in [2.24, 2.45) is 0 Å². The van der Waals surface area contributed by atoms with Crippen molar-refractivity contribution < 1.29 is 32.9 Å². The summed E-state index contributed by atoms with van der Waals surface area (Å²) in [5.74, 6) is 0.490. The number of aromatic nitrogens is 1. The normalized spacial score (nSPS) is 17.0. The third kappa shape index (κ3) is 4.26. The lowest BCUT2D eigenvalue weighted by Crippen LogP contribution is -2.14. The van der Waals surface area contributed by atoms with E-state index in [1.807, 2.05) is 0 Å². The first-order valence-electron chi connectivity index (χ1n) is 9.39. The number of thiazole rings is 1. The van der Waals surface area contributed by atoms with Gasteiger partial charge in [-0.1, -0.05) is 17.4 Å². The van der Waals surface area contributed by atoms with Crippen LogP contribution in [0.2, 0.25) is 0 Å². The minimum atomic E-state index is -4.54. The molecular weight excluding hydrogens is 435 g/mol. The van der Waals surface area contributed by atoms with Crippen molar-refractivity contribution in [2.75, 3.05) is 6.61 Å². The maximum absolute atomic E-state index is 13.0. The SMILES string of the molecule is CC(O)c1cc(C(F)(F)F)ccc1Oc1ccc2c(c1)OCC[C@H]2c1sc(=O)[nH]c1O. The van der Waals surface area contributed by atoms with Crippen molar-refractivity contribution in [1.82, 2.24) is 4.98 Å². The molecular formula is C21H18F3NO5S. The second kappa shape index (κ2) is 7.93. The number of fused-ring (bicyclic) bond motifs is 1. The van der Waals surface area contributed by atoms with Gasteiger partial charge in [0.15, 0.2) is 0 Å². The van der Waals surface area contributed by atoms with Crippen LogP contribution < -0.4 is 14.3 Å². The number of aliphatic hydroxyl groups excluding tert-OH is 1. The molecule has 0 saturated heterocycles. The number of hydrogen-bond acceptors (Lipinski definition) is 6. The lowest BCUT2D eigenvalue weighted by Gasteiger charge is -2.25. The molecule has 2 aromatic carbocycles. The molecule has 0 spiro atoms. The summed E-state index contributed by atoms with van der Waals surface area (Å²) >= 11 is 0.932. The number of ether oxygens (including phenoxy) is 2. The number of aromatic amines is 1. The van der Waals surface area contributed by atoms with E-state index in [9.17, 15) is 28.2 Å². The Bertz CT molecular complexity index is 1170. The van der Waals surface area contributed by atoms with Gasteiger partial charge in [-0.15, -0.1) is 0 Å². The summed E-state index contributed by atoms with van der Waals surface area (Å²) in [6, 6.07) is 7.87. The summed E-state index contributed by atoms with van der Waals surface area (Å²) in [6.45, 7) is 1.71. The molecule has 1 aliphatic rings. The standard InChI is InChI=1S/C21H18F3NO5S/c1-10(26)15-8-11(21(22,23)24)2-5-16(15)30-12-3-4-13-14(6-7-29-17(13)9-12)18-19(27)25-20(28)31-18/h2-5,8-10,14,26-27H,6-7H2,1H3,(H,25,28)/t10?,14-/m1/s1. The van der Waals surface area contributed by atoms with E-state index in [1.165, 1.54) is 13.0 Å². The van der Waals surface area contributed by atoms with Crippen LogP contribution >= 0.6 is 11.3 Å². The van der Waals surface area contributed by atoms with Crippen LogP contribution in [0, 0.1) is 0 Å². The van der Waals surface area contributed by atoms with Gasteiger partial charge < -0.3 is 19.7 Å². The molecule has 3 aromatic rings. The fourth-order valence-corrected chi connectivity index (χ4v) is 4.43. The molecule has 10 heteroatoms. The molecule has 0 fully saturated rings. The Kier molecular flexibility index (Phi) is 5.44. The van der Waals surface area contributed by atoms with Crippen LogP contribution in [-0.4, -0.2) is 21.8 Å². The van der Waals surface area contributed by atoms with Gasteiger partial charge in [-0.2, -0.15) is 13.2 Å². The first-order valence-corrected chi connectivity index (χ1v) is 10.2. The molecule has 2 heterocycles. The second-order valence-electron chi connectivity index (χ2n) is 7.15. The van der Waals surface area contributed by atoms with Gasteiger partial charge in [-0.05, 0) is 37.6 Å². The quantitative estimate of drug-likeness (QED) is 0.522. The molecule has 0 amide bonds. The van der Waals surface area contributed by atoms with Gasteiger partial charge in [-0.25, -0.2) is 0 Å². The number of hydrogen-bond donors (Lipinski definition) is 3. The number of aromatic hydroxyl groups is 1. The van der Waals surface area contributed by atoms with Gasteiger partial charge >= 0.3 is 11.0 Å². The predicted octanol–water partition coefficient (Wildman–Crippen LogP) is 4.92. The van der Waals surface area contributed by atoms with E-state index >= 15 is 0 Å². The number of aliphatic hydroxyl groups is 1. The zero-order valence-electron chi connectivity index (χ0n) is 16.2. The van der Waals surface area contributed by atoms with Crippen LogP contribution in [0.4, 0.5) is 13.2 Å². The van der Waals surface area contributed by atoms with E-state index in [0.29, 0.717) is 29.4 Å². The Labute approximate surface area is 178 Å². The summed E-state index contributed by atoms with van der Waals surface area (Å²) in [5.41, 5.74) is -0.113. The first kappa shape index (κ1) is 21.3. The number of halogens is 3. The maximum Gasteiger partial charge on any atom is 0.416 e. The molecule has 0 aliphatic carbocycles. The molecule has 0 bridgehead atoms. The monoisotopic (exact) mass is 453 g/mol. The molecule has 1 unspecified atom stereocenters. The first-order chi connectivity index (χ1) is 14.6. The van der Waals surface area contributed by atoms with Crippen LogP contribution in [0.1, 0.15) is 46.9 Å². The number of benzene rings is 2. The summed E-state index contributed by atoms with van der Waals surface area (Å²) < 4.78 is 50.5. The third-order valence-corrected chi connectivity index (χ3v) is 6.00. The highest BCUT2D eigenvalue weighted by molar-refractivity contribution is 7.09. The van der Waals surface area contributed by atoms with Gasteiger partial charge in [0.25, 0.3) is 0 Å². The average Bonchev–Trinajstić information content (AvgIpc) is 3.04. The Morgan fingerprint density at radius 3 is 2.68 bits per heavy atom. The lowest BCUT2D eigenvalue weighted by molar-refractivity contribution is -0.137. The van der Waals surface area contributed by atoms with Gasteiger partial charge in [0.2, 0.25) is 5.88 Å². The van der Waals surface area contributed by atoms with Crippen molar-refractivity contribution in [2.45, 2.75) is 31.5 Å². The summed E-state index contributed by atoms with van der Waals surface area (Å²) in [5, 5.41) is 19.9. The van der Waals surface area contributed by atoms with Crippen molar-refractivity contribution in [3.8, 4) is 23.1 Å². The van der Waals surface area contributed by atoms with Crippen molar-refractivity contribution in [1.29, 1.82) is 0 Å². The van der Waals surface area contributed by atoms with Gasteiger partial charge in [-0.3, -0.25) is 9.78 Å². The molecule has 1 aromatic heterocycles. The fraction of sp³-hybridized carbons (Fsp3) is 0.286. The maximum atomic E-state index is 13.0. The molecule has 2 atom stereocenters. The van der Waals surface area contributed by atoms with E-state index in [1.54, 1.807) is 18.2 Å². The largest absolute Gasteiger partial charge is 0.494 e. The molecule has 31 heavy (non-hydrogen) atoms. The number of rotatable bonds is 4. The van der Waals surface area contributed by atoms with E-state index < -0.39 is 17.8 Å². The molecule has 164 valence electrons. The number of H-pyrrole nitrogens is 1. The van der Waals surface area contributed by atoms with Gasteiger partial charge in [0, 0.05) is 23.1 Å². The van der Waals surface area contributed by atoms with E-state index in [2.05, 4.69) is 4.98 Å². The minimum absolute atomic E-state index is 0.00774. The van der Waals surface area contributed by atoms with Crippen LogP contribution in [0.3, 0.4) is 0 Å². The Hall–Kier alpha value is -2.98. The molecule has 0 saturated carbocycles. The van der Waals surface area contributed by atoms with E-state index in [4.69, 9.17) is 9.47 Å². The highest BCUT2D eigenvalue weighted by atomic mass is 32.1. The van der Waals surface area contributed by atoms with Gasteiger partial charge in [0.1, 0.15) is 17.2 Å². The zero-order chi connectivity index (χ0) is 22.3. The van der Waals surface area contributed by atoms with Gasteiger partial charge in [0.05, 0.1) is 23.2 Å². The Morgan fingerprint density at radius 1 is 1.26 bits per heavy atom. The number of alkyl halides is 3. The average molecular weight is 453 g/mol. The topological polar surface area (TPSA) is 91.8 Å². The van der Waals surface area contributed by atoms with Crippen LogP contribution in [0.25, 0.3) is 0 Å². The smallest absolute Gasteiger partial charge is 0.416 e. The molecule has 1 aliphatic heterocycles. The Balaban J connectivity index is 1.66. The van der Waals surface area contributed by atoms with Crippen LogP contribution in [0.5, 0.6) is 23.1 Å². The van der Waals surface area contributed by atoms with Crippen molar-refractivity contribution in [3.05, 3.63) is 67.6 Å². The third-order valence-electron chi connectivity index (χ3n) is 5.01. The molecule has 3 N–H and O–H groups in total. The summed E-state index contributed by atoms with van der Waals surface area (Å²) in [7, 11) is 0. The lowest BCUT2D eigenvalue weighted by atomic mass is 9.92. The highest BCUT2D eigenvalue weighted by Crippen LogP contribution is 2.44. The molecule has 6 nitrogen and oxygen atoms in total. The summed E-state index contributed by atoms with van der Waals surface area (Å²) in [4.78, 5) is 14.1. The van der Waals surface area contributed by atoms with E-state index in [-0.39, 0.29) is 28.0 Å². The minimum Gasteiger partial charge on any atom is -0.494 e. The fourth-order valence-electron chi connectivity index (χ4n) is 3.54. The van der Waals surface area contributed by atoms with Crippen LogP contribution in [0.15, 0.2) is 41.2 Å².